The third kappa shape index (κ3) is 5.15. The number of piperazine rings is 1. The van der Waals surface area contributed by atoms with Crippen LogP contribution in [0.3, 0.4) is 0 Å². The summed E-state index contributed by atoms with van der Waals surface area (Å²) in [7, 11) is -2.61. The van der Waals surface area contributed by atoms with Crippen molar-refractivity contribution in [3.8, 4) is 0 Å². The van der Waals surface area contributed by atoms with Crippen LogP contribution in [0.15, 0.2) is 47.4 Å². The summed E-state index contributed by atoms with van der Waals surface area (Å²) in [5.41, 5.74) is -0.603. The molecule has 2 aliphatic heterocycles. The lowest BCUT2D eigenvalue weighted by molar-refractivity contribution is -0.144. The average molecular weight is 530 g/mol. The third-order valence-electron chi connectivity index (χ3n) is 6.68. The third-order valence-corrected chi connectivity index (χ3v) is 8.69. The Morgan fingerprint density at radius 1 is 1.03 bits per heavy atom. The number of sulfonamides is 1. The van der Waals surface area contributed by atoms with Gasteiger partial charge in [0.25, 0.3) is 0 Å². The average Bonchev–Trinajstić information content (AvgIpc) is 3.33. The maximum atomic E-state index is 13.5. The van der Waals surface area contributed by atoms with Gasteiger partial charge in [0.1, 0.15) is 5.82 Å². The lowest BCUT2D eigenvalue weighted by Crippen LogP contribution is -2.54. The molecule has 0 amide bonds. The van der Waals surface area contributed by atoms with Crippen molar-refractivity contribution in [3.05, 3.63) is 53.8 Å². The van der Waals surface area contributed by atoms with Crippen LogP contribution in [0.5, 0.6) is 0 Å². The summed E-state index contributed by atoms with van der Waals surface area (Å²) >= 11 is 0. The van der Waals surface area contributed by atoms with Gasteiger partial charge in [-0.25, -0.2) is 12.8 Å². The molecule has 0 saturated carbocycles. The summed E-state index contributed by atoms with van der Waals surface area (Å²) in [6.45, 7) is 2.63. The summed E-state index contributed by atoms with van der Waals surface area (Å²) in [6.07, 6.45) is -4.14. The first-order valence-electron chi connectivity index (χ1n) is 11.5. The Hall–Kier alpha value is -2.86. The molecule has 2 aliphatic rings. The molecule has 0 N–H and O–H groups in total. The van der Waals surface area contributed by atoms with E-state index in [2.05, 4.69) is 0 Å². The first kappa shape index (κ1) is 26.2. The largest absolute Gasteiger partial charge is 0.469 e. The van der Waals surface area contributed by atoms with E-state index in [1.54, 1.807) is 25.1 Å². The standard InChI is InChI=1S/C24H27F4N3O4S/c1-16-14-30(22-7-6-18(25)12-21(22)24(26,27)28)10-11-31(16)36(33,34)20-5-3-4-19(13-20)29-9-8-17(15-29)23(32)35-2/h3-7,12-13,16-17H,8-11,14-15H2,1-2H3/t16-,17?/m1/s1. The van der Waals surface area contributed by atoms with Crippen molar-refractivity contribution in [1.82, 2.24) is 4.31 Å². The second kappa shape index (κ2) is 9.89. The zero-order valence-corrected chi connectivity index (χ0v) is 20.7. The Kier molecular flexibility index (Phi) is 7.20. The molecule has 1 unspecified atom stereocenters. The fraction of sp³-hybridized carbons (Fsp3) is 0.458. The summed E-state index contributed by atoms with van der Waals surface area (Å²) in [5, 5.41) is 0. The Labute approximate surface area is 207 Å². The number of esters is 1. The quantitative estimate of drug-likeness (QED) is 0.434. The molecule has 2 fully saturated rings. The van der Waals surface area contributed by atoms with Gasteiger partial charge < -0.3 is 14.5 Å². The fourth-order valence-electron chi connectivity index (χ4n) is 4.86. The van der Waals surface area contributed by atoms with E-state index < -0.39 is 33.6 Å². The van der Waals surface area contributed by atoms with Crippen LogP contribution in [-0.2, 0) is 25.7 Å². The highest BCUT2D eigenvalue weighted by molar-refractivity contribution is 7.89. The number of benzene rings is 2. The molecule has 2 aromatic rings. The number of ether oxygens (including phenoxy) is 1. The van der Waals surface area contributed by atoms with E-state index in [4.69, 9.17) is 4.74 Å². The summed E-state index contributed by atoms with van der Waals surface area (Å²) in [6, 6.07) is 8.30. The van der Waals surface area contributed by atoms with Crippen LogP contribution in [0.1, 0.15) is 18.9 Å². The van der Waals surface area contributed by atoms with Crippen LogP contribution in [-0.4, -0.2) is 64.6 Å². The minimum absolute atomic E-state index is 0.0145. The van der Waals surface area contributed by atoms with Gasteiger partial charge in [0.15, 0.2) is 0 Å². The maximum Gasteiger partial charge on any atom is 0.418 e. The van der Waals surface area contributed by atoms with Crippen molar-refractivity contribution >= 4 is 27.4 Å². The first-order valence-corrected chi connectivity index (χ1v) is 12.9. The van der Waals surface area contributed by atoms with Crippen LogP contribution in [0.2, 0.25) is 0 Å². The smallest absolute Gasteiger partial charge is 0.418 e. The van der Waals surface area contributed by atoms with E-state index in [1.165, 1.54) is 22.4 Å². The Morgan fingerprint density at radius 2 is 1.78 bits per heavy atom. The van der Waals surface area contributed by atoms with Gasteiger partial charge in [0, 0.05) is 50.1 Å². The van der Waals surface area contributed by atoms with Gasteiger partial charge in [-0.1, -0.05) is 6.07 Å². The van der Waals surface area contributed by atoms with Gasteiger partial charge in [0.2, 0.25) is 10.0 Å². The molecular formula is C24H27F4N3O4S. The predicted molar refractivity (Wildman–Crippen MR) is 126 cm³/mol. The van der Waals surface area contributed by atoms with Crippen molar-refractivity contribution < 1.29 is 35.5 Å². The van der Waals surface area contributed by atoms with Crippen molar-refractivity contribution in [2.45, 2.75) is 30.5 Å². The molecule has 7 nitrogen and oxygen atoms in total. The molecule has 0 spiro atoms. The number of anilines is 2. The van der Waals surface area contributed by atoms with E-state index in [9.17, 15) is 30.8 Å². The normalized spacial score (nSPS) is 21.6. The highest BCUT2D eigenvalue weighted by Crippen LogP contribution is 2.38. The van der Waals surface area contributed by atoms with Gasteiger partial charge in [-0.3, -0.25) is 4.79 Å². The monoisotopic (exact) mass is 529 g/mol. The summed E-state index contributed by atoms with van der Waals surface area (Å²) < 4.78 is 87.0. The second-order valence-electron chi connectivity index (χ2n) is 9.02. The van der Waals surface area contributed by atoms with Crippen molar-refractivity contribution in [1.29, 1.82) is 0 Å². The minimum Gasteiger partial charge on any atom is -0.469 e. The molecule has 4 rings (SSSR count). The van der Waals surface area contributed by atoms with Crippen LogP contribution in [0.4, 0.5) is 28.9 Å². The number of hydrogen-bond donors (Lipinski definition) is 0. The van der Waals surface area contributed by atoms with Crippen LogP contribution >= 0.6 is 0 Å². The van der Waals surface area contributed by atoms with Crippen molar-refractivity contribution in [3.63, 3.8) is 0 Å². The zero-order valence-electron chi connectivity index (χ0n) is 19.8. The number of rotatable bonds is 5. The molecule has 0 bridgehead atoms. The summed E-state index contributed by atoms with van der Waals surface area (Å²) in [5.74, 6) is -1.57. The van der Waals surface area contributed by atoms with Gasteiger partial charge in [-0.15, -0.1) is 0 Å². The maximum absolute atomic E-state index is 13.5. The number of hydrogen-bond acceptors (Lipinski definition) is 6. The molecule has 2 aromatic carbocycles. The Morgan fingerprint density at radius 3 is 2.44 bits per heavy atom. The van der Waals surface area contributed by atoms with Crippen LogP contribution in [0.25, 0.3) is 0 Å². The number of nitrogens with zero attached hydrogens (tertiary/aromatic N) is 3. The zero-order chi connectivity index (χ0) is 26.3. The molecule has 196 valence electrons. The minimum atomic E-state index is -4.74. The first-order chi connectivity index (χ1) is 16.9. The van der Waals surface area contributed by atoms with Gasteiger partial charge >= 0.3 is 12.1 Å². The number of alkyl halides is 3. The lowest BCUT2D eigenvalue weighted by Gasteiger charge is -2.40. The number of halogens is 4. The highest BCUT2D eigenvalue weighted by Gasteiger charge is 2.39. The molecular weight excluding hydrogens is 502 g/mol. The van der Waals surface area contributed by atoms with Crippen LogP contribution in [0, 0.1) is 11.7 Å². The Balaban J connectivity index is 1.52. The fourth-order valence-corrected chi connectivity index (χ4v) is 6.51. The van der Waals surface area contributed by atoms with Crippen molar-refractivity contribution in [2.24, 2.45) is 5.92 Å². The summed E-state index contributed by atoms with van der Waals surface area (Å²) in [4.78, 5) is 15.3. The van der Waals surface area contributed by atoms with E-state index in [1.807, 2.05) is 4.90 Å². The van der Waals surface area contributed by atoms with E-state index in [-0.39, 0.29) is 42.1 Å². The molecule has 0 aromatic heterocycles. The molecule has 2 heterocycles. The van der Waals surface area contributed by atoms with Gasteiger partial charge in [-0.05, 0) is 49.7 Å². The van der Waals surface area contributed by atoms with E-state index >= 15 is 0 Å². The SMILES string of the molecule is COC(=O)C1CCN(c2cccc(S(=O)(=O)N3CCN(c4ccc(F)cc4C(F)(F)F)C[C@H]3C)c2)C1. The lowest BCUT2D eigenvalue weighted by atomic mass is 10.1. The molecule has 0 radical (unpaired) electrons. The second-order valence-corrected chi connectivity index (χ2v) is 10.9. The Bertz CT molecular complexity index is 1240. The molecule has 2 saturated heterocycles. The topological polar surface area (TPSA) is 70.2 Å². The number of carbonyl (C=O) groups is 1. The van der Waals surface area contributed by atoms with Crippen LogP contribution < -0.4 is 9.80 Å². The van der Waals surface area contributed by atoms with Gasteiger partial charge in [-0.2, -0.15) is 17.5 Å². The highest BCUT2D eigenvalue weighted by atomic mass is 32.2. The molecule has 36 heavy (non-hydrogen) atoms. The molecule has 0 aliphatic carbocycles. The predicted octanol–water partition coefficient (Wildman–Crippen LogP) is 3.74. The van der Waals surface area contributed by atoms with E-state index in [0.29, 0.717) is 31.3 Å². The van der Waals surface area contributed by atoms with Crippen molar-refractivity contribution in [2.75, 3.05) is 49.6 Å². The molecule has 2 atom stereocenters. The number of carbonyl (C=O) groups excluding carboxylic acids is 1. The number of methoxy groups -OCH3 is 1. The molecule has 12 heteroatoms. The van der Waals surface area contributed by atoms with E-state index in [0.717, 1.165) is 12.1 Å². The van der Waals surface area contributed by atoms with Gasteiger partial charge in [0.05, 0.1) is 23.5 Å².